The molecule has 0 unspecified atom stereocenters. The summed E-state index contributed by atoms with van der Waals surface area (Å²) in [5.74, 6) is 0.0601. The lowest BCUT2D eigenvalue weighted by Gasteiger charge is -2.30. The minimum atomic E-state index is -0.650. The molecule has 0 saturated heterocycles. The van der Waals surface area contributed by atoms with Crippen LogP contribution in [0, 0.1) is 0 Å². The molecule has 1 aromatic rings. The van der Waals surface area contributed by atoms with Crippen LogP contribution in [0.15, 0.2) is 34.1 Å². The molecular formula is C18H27N3O4. The van der Waals surface area contributed by atoms with Crippen LogP contribution in [0.5, 0.6) is 0 Å². The molecule has 2 heterocycles. The molecule has 0 spiro atoms. The van der Waals surface area contributed by atoms with Gasteiger partial charge in [-0.25, -0.2) is 9.59 Å². The molecule has 25 heavy (non-hydrogen) atoms. The molecule has 0 bridgehead atoms. The first kappa shape index (κ1) is 19.1. The number of nitrogens with one attached hydrogen (secondary N) is 2. The summed E-state index contributed by atoms with van der Waals surface area (Å²) in [5.41, 5.74) is 0.966. The number of amides is 2. The van der Waals surface area contributed by atoms with Crippen molar-refractivity contribution in [3.8, 4) is 0 Å². The highest BCUT2D eigenvalue weighted by Crippen LogP contribution is 2.28. The van der Waals surface area contributed by atoms with E-state index in [0.717, 1.165) is 25.9 Å². The fourth-order valence-corrected chi connectivity index (χ4v) is 2.82. The van der Waals surface area contributed by atoms with E-state index in [-0.39, 0.29) is 12.6 Å². The van der Waals surface area contributed by atoms with Crippen LogP contribution >= 0.6 is 0 Å². The number of carbonyl (C=O) groups excluding carboxylic acids is 2. The summed E-state index contributed by atoms with van der Waals surface area (Å²) in [4.78, 5) is 26.9. The lowest BCUT2D eigenvalue weighted by Crippen LogP contribution is -2.48. The van der Waals surface area contributed by atoms with Gasteiger partial charge in [-0.1, -0.05) is 20.3 Å². The molecule has 7 heteroatoms. The van der Waals surface area contributed by atoms with Crippen molar-refractivity contribution in [2.45, 2.75) is 39.7 Å². The van der Waals surface area contributed by atoms with E-state index in [1.807, 2.05) is 0 Å². The largest absolute Gasteiger partial charge is 0.467 e. The Morgan fingerprint density at radius 1 is 1.36 bits per heavy atom. The van der Waals surface area contributed by atoms with E-state index < -0.39 is 12.0 Å². The van der Waals surface area contributed by atoms with Crippen molar-refractivity contribution in [2.24, 2.45) is 0 Å². The second-order valence-electron chi connectivity index (χ2n) is 5.88. The van der Waals surface area contributed by atoms with Gasteiger partial charge in [0, 0.05) is 12.2 Å². The Hall–Kier alpha value is -2.28. The van der Waals surface area contributed by atoms with Crippen LogP contribution in [0.3, 0.4) is 0 Å². The molecule has 1 aliphatic heterocycles. The minimum absolute atomic E-state index is 0.266. The van der Waals surface area contributed by atoms with Gasteiger partial charge in [-0.3, -0.25) is 4.90 Å². The van der Waals surface area contributed by atoms with Crippen molar-refractivity contribution in [3.05, 3.63) is 35.4 Å². The van der Waals surface area contributed by atoms with Gasteiger partial charge in [-0.15, -0.1) is 0 Å². The number of likely N-dealkylation sites (N-methyl/N-ethyl adjacent to an activating group) is 1. The summed E-state index contributed by atoms with van der Waals surface area (Å²) in [6.45, 7) is 8.44. The molecule has 0 radical (unpaired) electrons. The number of carbonyl (C=O) groups is 2. The van der Waals surface area contributed by atoms with Crippen molar-refractivity contribution in [2.75, 3.05) is 26.2 Å². The van der Waals surface area contributed by atoms with Gasteiger partial charge in [0.2, 0.25) is 0 Å². The van der Waals surface area contributed by atoms with Gasteiger partial charge in [0.05, 0.1) is 18.4 Å². The zero-order chi connectivity index (χ0) is 18.2. The van der Waals surface area contributed by atoms with Crippen LogP contribution in [0.2, 0.25) is 0 Å². The van der Waals surface area contributed by atoms with Gasteiger partial charge in [-0.05, 0) is 38.6 Å². The van der Waals surface area contributed by atoms with Gasteiger partial charge in [0.1, 0.15) is 11.8 Å². The molecule has 138 valence electrons. The average molecular weight is 349 g/mol. The van der Waals surface area contributed by atoms with Crippen LogP contribution in [-0.4, -0.2) is 43.1 Å². The molecule has 2 amide bonds. The molecule has 1 aliphatic rings. The van der Waals surface area contributed by atoms with E-state index >= 15 is 0 Å². The highest BCUT2D eigenvalue weighted by atomic mass is 16.5. The molecule has 1 atom stereocenters. The smallest absolute Gasteiger partial charge is 0.338 e. The van der Waals surface area contributed by atoms with Crippen molar-refractivity contribution < 1.29 is 18.7 Å². The van der Waals surface area contributed by atoms with E-state index in [4.69, 9.17) is 9.15 Å². The molecule has 2 N–H and O–H groups in total. The molecular weight excluding hydrogens is 322 g/mol. The molecule has 0 fully saturated rings. The maximum absolute atomic E-state index is 12.6. The normalized spacial score (nSPS) is 17.4. The van der Waals surface area contributed by atoms with Gasteiger partial charge in [-0.2, -0.15) is 0 Å². The number of ether oxygens (including phenoxy) is 1. The maximum atomic E-state index is 12.6. The Morgan fingerprint density at radius 2 is 2.16 bits per heavy atom. The Kier molecular flexibility index (Phi) is 7.06. The predicted molar refractivity (Wildman–Crippen MR) is 93.8 cm³/mol. The Morgan fingerprint density at radius 3 is 2.76 bits per heavy atom. The van der Waals surface area contributed by atoms with Gasteiger partial charge in [0.15, 0.2) is 0 Å². The third-order valence-electron chi connectivity index (χ3n) is 4.13. The zero-order valence-electron chi connectivity index (χ0n) is 15.1. The third-order valence-corrected chi connectivity index (χ3v) is 4.13. The van der Waals surface area contributed by atoms with Crippen molar-refractivity contribution in [3.63, 3.8) is 0 Å². The van der Waals surface area contributed by atoms with Crippen LogP contribution in [0.1, 0.15) is 45.4 Å². The number of unbranched alkanes of at least 4 members (excludes halogenated alkanes) is 1. The van der Waals surface area contributed by atoms with Crippen LogP contribution < -0.4 is 10.6 Å². The number of urea groups is 1. The van der Waals surface area contributed by atoms with Crippen molar-refractivity contribution >= 4 is 12.0 Å². The number of nitrogens with zero attached hydrogens (tertiary/aromatic N) is 1. The zero-order valence-corrected chi connectivity index (χ0v) is 15.1. The molecule has 0 aliphatic carbocycles. The quantitative estimate of drug-likeness (QED) is 0.670. The van der Waals surface area contributed by atoms with Crippen LogP contribution in [0.4, 0.5) is 4.79 Å². The lowest BCUT2D eigenvalue weighted by atomic mass is 9.99. The molecule has 7 nitrogen and oxygen atoms in total. The van der Waals surface area contributed by atoms with E-state index in [2.05, 4.69) is 29.4 Å². The van der Waals surface area contributed by atoms with Crippen LogP contribution in [-0.2, 0) is 9.53 Å². The van der Waals surface area contributed by atoms with Gasteiger partial charge in [0.25, 0.3) is 0 Å². The monoisotopic (exact) mass is 349 g/mol. The number of hydrogen-bond donors (Lipinski definition) is 2. The molecule has 0 aromatic carbocycles. The lowest BCUT2D eigenvalue weighted by molar-refractivity contribution is -0.139. The summed E-state index contributed by atoms with van der Waals surface area (Å²) in [6, 6.07) is 2.46. The van der Waals surface area contributed by atoms with E-state index in [9.17, 15) is 9.59 Å². The molecule has 0 saturated carbocycles. The van der Waals surface area contributed by atoms with Gasteiger partial charge < -0.3 is 19.8 Å². The summed E-state index contributed by atoms with van der Waals surface area (Å²) in [5, 5.41) is 5.54. The van der Waals surface area contributed by atoms with Crippen molar-refractivity contribution in [1.29, 1.82) is 0 Å². The first-order valence-corrected chi connectivity index (χ1v) is 8.84. The average Bonchev–Trinajstić information content (AvgIpc) is 3.12. The third kappa shape index (κ3) is 4.85. The summed E-state index contributed by atoms with van der Waals surface area (Å²) in [7, 11) is 0. The first-order chi connectivity index (χ1) is 12.1. The number of esters is 1. The topological polar surface area (TPSA) is 83.8 Å². The van der Waals surface area contributed by atoms with E-state index in [0.29, 0.717) is 23.6 Å². The number of rotatable bonds is 9. The summed E-state index contributed by atoms with van der Waals surface area (Å²) in [6.07, 6.45) is 3.67. The highest BCUT2D eigenvalue weighted by molar-refractivity contribution is 5.95. The fraction of sp³-hybridized carbons (Fsp3) is 0.556. The van der Waals surface area contributed by atoms with Gasteiger partial charge >= 0.3 is 12.0 Å². The summed E-state index contributed by atoms with van der Waals surface area (Å²) < 4.78 is 10.6. The predicted octanol–water partition coefficient (Wildman–Crippen LogP) is 2.57. The van der Waals surface area contributed by atoms with E-state index in [1.165, 1.54) is 6.26 Å². The molecule has 2 rings (SSSR count). The first-order valence-electron chi connectivity index (χ1n) is 8.84. The number of hydrogen-bond acceptors (Lipinski definition) is 5. The summed E-state index contributed by atoms with van der Waals surface area (Å²) >= 11 is 0. The highest BCUT2D eigenvalue weighted by Gasteiger charge is 2.35. The minimum Gasteiger partial charge on any atom is -0.467 e. The number of furan rings is 1. The van der Waals surface area contributed by atoms with E-state index in [1.54, 1.807) is 19.1 Å². The van der Waals surface area contributed by atoms with Crippen LogP contribution in [0.25, 0.3) is 0 Å². The maximum Gasteiger partial charge on any atom is 0.338 e. The molecule has 1 aromatic heterocycles. The fourth-order valence-electron chi connectivity index (χ4n) is 2.82. The standard InChI is InChI=1S/C18H27N3O4/c1-4-7-10-21(5-2)12-13-15(17(22)24-6-3)16(20-18(23)19-13)14-9-8-11-25-14/h8-9,11,16H,4-7,10,12H2,1-3H3,(H2,19,20,23)/t16-/m1/s1. The second-order valence-corrected chi connectivity index (χ2v) is 5.88. The Bertz CT molecular complexity index is 610. The Balaban J connectivity index is 2.37. The Labute approximate surface area is 148 Å². The van der Waals surface area contributed by atoms with Crippen molar-refractivity contribution in [1.82, 2.24) is 15.5 Å². The SMILES string of the molecule is CCCCN(CC)CC1=C(C(=O)OCC)[C@@H](c2ccco2)NC(=O)N1. The second kappa shape index (κ2) is 9.27.